The van der Waals surface area contributed by atoms with Crippen LogP contribution in [0.5, 0.6) is 5.75 Å². The molecule has 4 heteroatoms. The molecule has 0 aliphatic heterocycles. The largest absolute Gasteiger partial charge is 0.495 e. The van der Waals surface area contributed by atoms with Crippen LogP contribution in [0.1, 0.15) is 56.3 Å². The predicted octanol–water partition coefficient (Wildman–Crippen LogP) is 4.60. The minimum Gasteiger partial charge on any atom is -0.495 e. The number of nitrogens with one attached hydrogen (secondary N) is 2. The smallest absolute Gasteiger partial charge is 0.238 e. The molecule has 0 bridgehead atoms. The Labute approximate surface area is 162 Å². The van der Waals surface area contributed by atoms with Crippen LogP contribution in [0.2, 0.25) is 0 Å². The topological polar surface area (TPSA) is 50.4 Å². The molecule has 1 unspecified atom stereocenters. The highest BCUT2D eigenvalue weighted by atomic mass is 16.5. The molecule has 144 valence electrons. The lowest BCUT2D eigenvalue weighted by Crippen LogP contribution is -2.33. The first-order valence-corrected chi connectivity index (χ1v) is 9.68. The fraction of sp³-hybridized carbons (Fsp3) is 0.435. The van der Waals surface area contributed by atoms with Gasteiger partial charge in [0.1, 0.15) is 5.75 Å². The van der Waals surface area contributed by atoms with Crippen LogP contribution in [0.4, 0.5) is 5.69 Å². The van der Waals surface area contributed by atoms with Crippen LogP contribution in [-0.4, -0.2) is 19.6 Å². The van der Waals surface area contributed by atoms with Crippen molar-refractivity contribution in [3.63, 3.8) is 0 Å². The zero-order chi connectivity index (χ0) is 19.4. The lowest BCUT2D eigenvalue weighted by molar-refractivity contribution is -0.115. The second-order valence-electron chi connectivity index (χ2n) is 8.24. The van der Waals surface area contributed by atoms with Crippen LogP contribution in [0.25, 0.3) is 0 Å². The van der Waals surface area contributed by atoms with Crippen LogP contribution >= 0.6 is 0 Å². The van der Waals surface area contributed by atoms with Crippen LogP contribution in [0.15, 0.2) is 42.5 Å². The third-order valence-electron chi connectivity index (χ3n) is 5.22. The Bertz CT molecular complexity index is 808. The van der Waals surface area contributed by atoms with E-state index in [2.05, 4.69) is 55.7 Å². The molecule has 4 nitrogen and oxygen atoms in total. The summed E-state index contributed by atoms with van der Waals surface area (Å²) in [7, 11) is 1.62. The highest BCUT2D eigenvalue weighted by Crippen LogP contribution is 2.32. The highest BCUT2D eigenvalue weighted by molar-refractivity contribution is 5.93. The third-order valence-corrected chi connectivity index (χ3v) is 5.22. The Hall–Kier alpha value is -2.33. The van der Waals surface area contributed by atoms with Gasteiger partial charge in [-0.2, -0.15) is 0 Å². The molecule has 1 atom stereocenters. The molecular formula is C23H30N2O2. The second kappa shape index (κ2) is 8.13. The van der Waals surface area contributed by atoms with E-state index in [9.17, 15) is 4.79 Å². The van der Waals surface area contributed by atoms with Gasteiger partial charge in [-0.25, -0.2) is 0 Å². The predicted molar refractivity (Wildman–Crippen MR) is 110 cm³/mol. The van der Waals surface area contributed by atoms with Gasteiger partial charge >= 0.3 is 0 Å². The summed E-state index contributed by atoms with van der Waals surface area (Å²) < 4.78 is 5.42. The SMILES string of the molecule is COc1ccc(C(C)(C)C)cc1NC(=O)CNC1CCCc2ccccc21. The number of anilines is 1. The second-order valence-corrected chi connectivity index (χ2v) is 8.24. The van der Waals surface area contributed by atoms with Crippen LogP contribution in [-0.2, 0) is 16.6 Å². The van der Waals surface area contributed by atoms with Gasteiger partial charge in [-0.15, -0.1) is 0 Å². The average molecular weight is 367 g/mol. The van der Waals surface area contributed by atoms with Gasteiger partial charge in [0, 0.05) is 6.04 Å². The number of hydrogen-bond donors (Lipinski definition) is 2. The van der Waals surface area contributed by atoms with E-state index in [0.717, 1.165) is 30.5 Å². The van der Waals surface area contributed by atoms with Crippen molar-refractivity contribution in [3.8, 4) is 5.75 Å². The molecule has 2 aromatic rings. The summed E-state index contributed by atoms with van der Waals surface area (Å²) in [5, 5.41) is 6.44. The van der Waals surface area contributed by atoms with Gasteiger partial charge in [0.25, 0.3) is 0 Å². The summed E-state index contributed by atoms with van der Waals surface area (Å²) >= 11 is 0. The van der Waals surface area contributed by atoms with Crippen molar-refractivity contribution in [2.45, 2.75) is 51.5 Å². The van der Waals surface area contributed by atoms with Crippen molar-refractivity contribution in [1.29, 1.82) is 0 Å². The summed E-state index contributed by atoms with van der Waals surface area (Å²) in [6.45, 7) is 6.75. The van der Waals surface area contributed by atoms with E-state index in [1.165, 1.54) is 11.1 Å². The number of ether oxygens (including phenoxy) is 1. The number of rotatable bonds is 5. The molecule has 3 rings (SSSR count). The fourth-order valence-corrected chi connectivity index (χ4v) is 3.65. The molecule has 0 radical (unpaired) electrons. The molecule has 0 fully saturated rings. The molecule has 1 amide bonds. The van der Waals surface area contributed by atoms with Crippen molar-refractivity contribution in [2.75, 3.05) is 19.0 Å². The number of hydrogen-bond acceptors (Lipinski definition) is 3. The number of carbonyl (C=O) groups excluding carboxylic acids is 1. The number of aryl methyl sites for hydroxylation is 1. The average Bonchev–Trinajstić information content (AvgIpc) is 2.65. The van der Waals surface area contributed by atoms with Crippen LogP contribution in [0, 0.1) is 0 Å². The van der Waals surface area contributed by atoms with Crippen molar-refractivity contribution >= 4 is 11.6 Å². The van der Waals surface area contributed by atoms with Gasteiger partial charge in [0.05, 0.1) is 19.3 Å². The molecule has 2 N–H and O–H groups in total. The lowest BCUT2D eigenvalue weighted by Gasteiger charge is -2.26. The number of fused-ring (bicyclic) bond motifs is 1. The molecule has 1 aliphatic rings. The van der Waals surface area contributed by atoms with Crippen LogP contribution in [0.3, 0.4) is 0 Å². The number of benzene rings is 2. The standard InChI is InChI=1S/C23H30N2O2/c1-23(2,3)17-12-13-21(27-4)20(14-17)25-22(26)15-24-19-11-7-9-16-8-5-6-10-18(16)19/h5-6,8,10,12-14,19,24H,7,9,11,15H2,1-4H3,(H,25,26). The van der Waals surface area contributed by atoms with E-state index in [1.54, 1.807) is 7.11 Å². The molecular weight excluding hydrogens is 336 g/mol. The summed E-state index contributed by atoms with van der Waals surface area (Å²) in [6.07, 6.45) is 3.34. The zero-order valence-electron chi connectivity index (χ0n) is 16.8. The molecule has 0 spiro atoms. The maximum Gasteiger partial charge on any atom is 0.238 e. The van der Waals surface area contributed by atoms with Gasteiger partial charge in [0.2, 0.25) is 5.91 Å². The van der Waals surface area contributed by atoms with Gasteiger partial charge in [-0.05, 0) is 53.5 Å². The Morgan fingerprint density at radius 1 is 1.19 bits per heavy atom. The first kappa shape index (κ1) is 19.4. The van der Waals surface area contributed by atoms with Gasteiger partial charge in [0.15, 0.2) is 0 Å². The summed E-state index contributed by atoms with van der Waals surface area (Å²) in [6, 6.07) is 14.7. The molecule has 0 saturated heterocycles. The van der Waals surface area contributed by atoms with E-state index in [1.807, 2.05) is 18.2 Å². The van der Waals surface area contributed by atoms with Crippen molar-refractivity contribution in [1.82, 2.24) is 5.32 Å². The lowest BCUT2D eigenvalue weighted by atomic mass is 9.87. The maximum absolute atomic E-state index is 12.6. The van der Waals surface area contributed by atoms with Crippen molar-refractivity contribution in [3.05, 3.63) is 59.2 Å². The first-order valence-electron chi connectivity index (χ1n) is 9.68. The monoisotopic (exact) mass is 366 g/mol. The number of methoxy groups -OCH3 is 1. The fourth-order valence-electron chi connectivity index (χ4n) is 3.65. The highest BCUT2D eigenvalue weighted by Gasteiger charge is 2.21. The first-order chi connectivity index (χ1) is 12.9. The molecule has 0 heterocycles. The Balaban J connectivity index is 1.67. The summed E-state index contributed by atoms with van der Waals surface area (Å²) in [5.74, 6) is 0.627. The van der Waals surface area contributed by atoms with E-state index in [-0.39, 0.29) is 23.9 Å². The van der Waals surface area contributed by atoms with Crippen LogP contribution < -0.4 is 15.4 Å². The Morgan fingerprint density at radius 2 is 1.96 bits per heavy atom. The zero-order valence-corrected chi connectivity index (χ0v) is 16.8. The van der Waals surface area contributed by atoms with E-state index < -0.39 is 0 Å². The quantitative estimate of drug-likeness (QED) is 0.813. The minimum atomic E-state index is -0.0533. The normalized spacial score (nSPS) is 16.5. The molecule has 1 aliphatic carbocycles. The molecule has 0 aromatic heterocycles. The molecule has 2 aromatic carbocycles. The number of amides is 1. The third kappa shape index (κ3) is 4.69. The van der Waals surface area contributed by atoms with Gasteiger partial charge in [-0.1, -0.05) is 51.1 Å². The maximum atomic E-state index is 12.6. The summed E-state index contributed by atoms with van der Waals surface area (Å²) in [4.78, 5) is 12.6. The van der Waals surface area contributed by atoms with E-state index >= 15 is 0 Å². The Morgan fingerprint density at radius 3 is 2.70 bits per heavy atom. The molecule has 0 saturated carbocycles. The van der Waals surface area contributed by atoms with Gasteiger partial charge < -0.3 is 15.4 Å². The minimum absolute atomic E-state index is 0.00973. The van der Waals surface area contributed by atoms with Crippen molar-refractivity contribution in [2.24, 2.45) is 0 Å². The van der Waals surface area contributed by atoms with Gasteiger partial charge in [-0.3, -0.25) is 4.79 Å². The summed E-state index contributed by atoms with van der Waals surface area (Å²) in [5.41, 5.74) is 4.61. The van der Waals surface area contributed by atoms with E-state index in [0.29, 0.717) is 5.75 Å². The number of carbonyl (C=O) groups is 1. The molecule has 27 heavy (non-hydrogen) atoms. The Kier molecular flexibility index (Phi) is 5.85. The van der Waals surface area contributed by atoms with Crippen molar-refractivity contribution < 1.29 is 9.53 Å². The van der Waals surface area contributed by atoms with E-state index in [4.69, 9.17) is 4.74 Å².